The summed E-state index contributed by atoms with van der Waals surface area (Å²) in [6.07, 6.45) is -1.04. The molecule has 0 bridgehead atoms. The van der Waals surface area contributed by atoms with Crippen LogP contribution < -0.4 is 5.73 Å². The van der Waals surface area contributed by atoms with E-state index in [0.717, 1.165) is 0 Å². The summed E-state index contributed by atoms with van der Waals surface area (Å²) in [5.74, 6) is 0. The van der Waals surface area contributed by atoms with Crippen molar-refractivity contribution in [2.45, 2.75) is 25.5 Å². The molecule has 0 saturated carbocycles. The topological polar surface area (TPSA) is 46.2 Å². The normalized spacial score (nSPS) is 16.1. The summed E-state index contributed by atoms with van der Waals surface area (Å²) in [6.45, 7) is 2.39. The average Bonchev–Trinajstić information content (AvgIpc) is 1.62. The second-order valence-electron chi connectivity index (χ2n) is 2.49. The molecule has 1 unspecified atom stereocenters. The fraction of sp³-hybridized carbons (Fsp3) is 1.00. The Morgan fingerprint density at radius 1 is 1.75 bits per heavy atom. The fourth-order valence-electron chi connectivity index (χ4n) is 0.199. The first-order chi connectivity index (χ1) is 3.48. The highest BCUT2D eigenvalue weighted by Gasteiger charge is 2.21. The molecule has 0 heterocycles. The van der Waals surface area contributed by atoms with Gasteiger partial charge in [-0.3, -0.25) is 0 Å². The smallest absolute Gasteiger partial charge is 0.117 e. The summed E-state index contributed by atoms with van der Waals surface area (Å²) in [6, 6.07) is 0. The van der Waals surface area contributed by atoms with Crippen molar-refractivity contribution in [3.63, 3.8) is 0 Å². The number of hydrogen-bond donors (Lipinski definition) is 2. The highest BCUT2D eigenvalue weighted by atomic mass is 19.1. The molecule has 2 nitrogen and oxygen atoms in total. The van der Waals surface area contributed by atoms with E-state index in [-0.39, 0.29) is 0 Å². The minimum absolute atomic E-state index is 0.774. The van der Waals surface area contributed by atoms with Crippen LogP contribution in [0.4, 0.5) is 4.39 Å². The molecule has 0 aromatic heterocycles. The van der Waals surface area contributed by atoms with Gasteiger partial charge in [0.1, 0.15) is 6.67 Å². The van der Waals surface area contributed by atoms with Gasteiger partial charge in [0.05, 0.1) is 6.10 Å². The zero-order valence-corrected chi connectivity index (χ0v) is 5.19. The van der Waals surface area contributed by atoms with Crippen molar-refractivity contribution in [3.8, 4) is 0 Å². The van der Waals surface area contributed by atoms with E-state index in [0.29, 0.717) is 0 Å². The van der Waals surface area contributed by atoms with E-state index in [4.69, 9.17) is 10.8 Å². The van der Waals surface area contributed by atoms with Crippen molar-refractivity contribution >= 4 is 0 Å². The quantitative estimate of drug-likeness (QED) is 0.542. The fourth-order valence-corrected chi connectivity index (χ4v) is 0.199. The van der Waals surface area contributed by atoms with Crippen LogP contribution in [0.1, 0.15) is 13.8 Å². The molecule has 0 fully saturated rings. The van der Waals surface area contributed by atoms with Crippen LogP contribution >= 0.6 is 0 Å². The van der Waals surface area contributed by atoms with Gasteiger partial charge in [-0.1, -0.05) is 0 Å². The first-order valence-corrected chi connectivity index (χ1v) is 2.51. The molecule has 8 heavy (non-hydrogen) atoms. The maximum atomic E-state index is 11.6. The minimum Gasteiger partial charge on any atom is -0.388 e. The Bertz CT molecular complexity index is 69.3. The summed E-state index contributed by atoms with van der Waals surface area (Å²) in [7, 11) is 0. The molecular weight excluding hydrogens is 109 g/mol. The Kier molecular flexibility index (Phi) is 2.37. The molecule has 0 saturated heterocycles. The first-order valence-electron chi connectivity index (χ1n) is 2.51. The van der Waals surface area contributed by atoms with Crippen molar-refractivity contribution in [1.82, 2.24) is 0 Å². The van der Waals surface area contributed by atoms with Crippen molar-refractivity contribution in [2.75, 3.05) is 6.67 Å². The number of rotatable bonds is 2. The van der Waals surface area contributed by atoms with Gasteiger partial charge < -0.3 is 10.8 Å². The van der Waals surface area contributed by atoms with Crippen molar-refractivity contribution < 1.29 is 9.50 Å². The molecule has 0 amide bonds. The van der Waals surface area contributed by atoms with Crippen LogP contribution in [0.2, 0.25) is 0 Å². The molecule has 50 valence electrons. The van der Waals surface area contributed by atoms with Gasteiger partial charge in [0.2, 0.25) is 0 Å². The van der Waals surface area contributed by atoms with Crippen molar-refractivity contribution in [1.29, 1.82) is 0 Å². The predicted octanol–water partition coefficient (Wildman–Crippen LogP) is 0.0541. The summed E-state index contributed by atoms with van der Waals surface area (Å²) >= 11 is 0. The maximum absolute atomic E-state index is 11.6. The van der Waals surface area contributed by atoms with Crippen LogP contribution in [0.25, 0.3) is 0 Å². The molecule has 0 spiro atoms. The van der Waals surface area contributed by atoms with Crippen LogP contribution in [0.3, 0.4) is 0 Å². The van der Waals surface area contributed by atoms with Gasteiger partial charge in [-0.2, -0.15) is 0 Å². The SMILES string of the molecule is CC(C)(N)C(O)CF. The van der Waals surface area contributed by atoms with Gasteiger partial charge in [0.25, 0.3) is 0 Å². The van der Waals surface area contributed by atoms with Gasteiger partial charge in [-0.15, -0.1) is 0 Å². The molecular formula is C5H12FNO. The Labute approximate surface area is 48.5 Å². The molecule has 0 aliphatic rings. The molecule has 0 aromatic carbocycles. The lowest BCUT2D eigenvalue weighted by molar-refractivity contribution is 0.0777. The van der Waals surface area contributed by atoms with E-state index < -0.39 is 18.3 Å². The number of aliphatic hydroxyl groups excluding tert-OH is 1. The second-order valence-corrected chi connectivity index (χ2v) is 2.49. The number of hydrogen-bond acceptors (Lipinski definition) is 2. The van der Waals surface area contributed by atoms with Crippen molar-refractivity contribution in [3.05, 3.63) is 0 Å². The summed E-state index contributed by atoms with van der Waals surface area (Å²) in [4.78, 5) is 0. The molecule has 0 rings (SSSR count). The third-order valence-corrected chi connectivity index (χ3v) is 1.00. The molecule has 0 aromatic rings. The Hall–Kier alpha value is -0.150. The first kappa shape index (κ1) is 7.85. The third-order valence-electron chi connectivity index (χ3n) is 1.00. The molecule has 0 aliphatic heterocycles. The third kappa shape index (κ3) is 2.23. The van der Waals surface area contributed by atoms with Gasteiger partial charge in [-0.05, 0) is 13.8 Å². The minimum atomic E-state index is -1.04. The van der Waals surface area contributed by atoms with Crippen LogP contribution in [0.15, 0.2) is 0 Å². The Morgan fingerprint density at radius 3 is 2.12 bits per heavy atom. The highest BCUT2D eigenvalue weighted by molar-refractivity contribution is 4.80. The molecule has 0 aliphatic carbocycles. The Morgan fingerprint density at radius 2 is 2.12 bits per heavy atom. The number of halogens is 1. The lowest BCUT2D eigenvalue weighted by atomic mass is 10.0. The van der Waals surface area contributed by atoms with Gasteiger partial charge in [0.15, 0.2) is 0 Å². The van der Waals surface area contributed by atoms with Gasteiger partial charge in [0, 0.05) is 5.54 Å². The standard InChI is InChI=1S/C5H12FNO/c1-5(2,7)4(8)3-6/h4,8H,3,7H2,1-2H3. The van der Waals surface area contributed by atoms with Crippen LogP contribution in [0.5, 0.6) is 0 Å². The lowest BCUT2D eigenvalue weighted by Gasteiger charge is -2.22. The number of aliphatic hydroxyl groups is 1. The summed E-state index contributed by atoms with van der Waals surface area (Å²) in [5.41, 5.74) is 4.49. The van der Waals surface area contributed by atoms with E-state index in [9.17, 15) is 4.39 Å². The van der Waals surface area contributed by atoms with E-state index in [1.54, 1.807) is 13.8 Å². The summed E-state index contributed by atoms with van der Waals surface area (Å²) < 4.78 is 11.6. The van der Waals surface area contributed by atoms with Crippen LogP contribution in [-0.4, -0.2) is 23.4 Å². The van der Waals surface area contributed by atoms with Crippen LogP contribution in [-0.2, 0) is 0 Å². The number of nitrogens with two attached hydrogens (primary N) is 1. The van der Waals surface area contributed by atoms with Crippen molar-refractivity contribution in [2.24, 2.45) is 5.73 Å². The van der Waals surface area contributed by atoms with Crippen LogP contribution in [0, 0.1) is 0 Å². The predicted molar refractivity (Wildman–Crippen MR) is 30.2 cm³/mol. The monoisotopic (exact) mass is 121 g/mol. The van der Waals surface area contributed by atoms with Gasteiger partial charge in [-0.25, -0.2) is 4.39 Å². The molecule has 3 heteroatoms. The Balaban J connectivity index is 3.62. The summed E-state index contributed by atoms with van der Waals surface area (Å²) in [5, 5.41) is 8.69. The zero-order chi connectivity index (χ0) is 6.78. The molecule has 0 radical (unpaired) electrons. The zero-order valence-electron chi connectivity index (χ0n) is 5.19. The highest BCUT2D eigenvalue weighted by Crippen LogP contribution is 2.03. The molecule has 3 N–H and O–H groups in total. The lowest BCUT2D eigenvalue weighted by Crippen LogP contribution is -2.46. The van der Waals surface area contributed by atoms with E-state index >= 15 is 0 Å². The average molecular weight is 121 g/mol. The maximum Gasteiger partial charge on any atom is 0.117 e. The van der Waals surface area contributed by atoms with E-state index in [1.807, 2.05) is 0 Å². The number of alkyl halides is 1. The second kappa shape index (κ2) is 2.42. The van der Waals surface area contributed by atoms with E-state index in [1.165, 1.54) is 0 Å². The molecule has 1 atom stereocenters. The largest absolute Gasteiger partial charge is 0.388 e. The van der Waals surface area contributed by atoms with Gasteiger partial charge >= 0.3 is 0 Å². The van der Waals surface area contributed by atoms with E-state index in [2.05, 4.69) is 0 Å².